The molecule has 0 atom stereocenters. The van der Waals surface area contributed by atoms with Crippen LogP contribution in [0, 0.1) is 0 Å². The molecule has 2 aromatic heterocycles. The Morgan fingerprint density at radius 2 is 0.852 bits per heavy atom. The molecule has 286 valence electrons. The van der Waals surface area contributed by atoms with Gasteiger partial charge >= 0.3 is 0 Å². The second-order valence-corrected chi connectivity index (χ2v) is 15.7. The summed E-state index contributed by atoms with van der Waals surface area (Å²) >= 11 is 0. The average Bonchev–Trinajstić information content (AvgIpc) is 3.88. The van der Waals surface area contributed by atoms with Crippen LogP contribution in [0.4, 0.5) is 17.1 Å². The monoisotopic (exact) mass is 778 g/mol. The lowest BCUT2D eigenvalue weighted by Crippen LogP contribution is -2.10. The number of para-hydroxylation sites is 4. The molecule has 0 saturated carbocycles. The van der Waals surface area contributed by atoms with Crippen molar-refractivity contribution in [3.05, 3.63) is 231 Å². The molecule has 0 fully saturated rings. The summed E-state index contributed by atoms with van der Waals surface area (Å²) in [6, 6.07) is 82.8. The van der Waals surface area contributed by atoms with E-state index in [4.69, 9.17) is 4.42 Å². The molecule has 0 aliphatic rings. The van der Waals surface area contributed by atoms with Crippen molar-refractivity contribution < 1.29 is 4.42 Å². The van der Waals surface area contributed by atoms with Gasteiger partial charge in [-0.15, -0.1) is 0 Å². The van der Waals surface area contributed by atoms with Crippen molar-refractivity contribution >= 4 is 71.6 Å². The summed E-state index contributed by atoms with van der Waals surface area (Å²) in [4.78, 5) is 2.31. The van der Waals surface area contributed by atoms with Gasteiger partial charge in [0, 0.05) is 38.6 Å². The number of nitrogens with zero attached hydrogens (tertiary/aromatic N) is 2. The molecule has 2 heterocycles. The lowest BCUT2D eigenvalue weighted by atomic mass is 9.98. The smallest absolute Gasteiger partial charge is 0.159 e. The van der Waals surface area contributed by atoms with Gasteiger partial charge in [0.1, 0.15) is 5.58 Å². The Balaban J connectivity index is 0.895. The molecule has 61 heavy (non-hydrogen) atoms. The second kappa shape index (κ2) is 14.3. The van der Waals surface area contributed by atoms with Crippen molar-refractivity contribution in [1.82, 2.24) is 4.57 Å². The Hall–Kier alpha value is -8.14. The molecule has 0 unspecified atom stereocenters. The van der Waals surface area contributed by atoms with Crippen LogP contribution in [-0.2, 0) is 0 Å². The molecular formula is C58H38N2O. The Morgan fingerprint density at radius 1 is 0.328 bits per heavy atom. The fraction of sp³-hybridized carbons (Fsp3) is 0. The van der Waals surface area contributed by atoms with E-state index in [2.05, 4.69) is 228 Å². The fourth-order valence-electron chi connectivity index (χ4n) is 9.17. The molecule has 0 bridgehead atoms. The molecule has 3 heteroatoms. The van der Waals surface area contributed by atoms with Crippen LogP contribution in [-0.4, -0.2) is 4.57 Å². The number of furan rings is 1. The molecule has 0 amide bonds. The van der Waals surface area contributed by atoms with Crippen molar-refractivity contribution in [2.24, 2.45) is 0 Å². The number of hydrogen-bond donors (Lipinski definition) is 0. The van der Waals surface area contributed by atoms with E-state index in [0.717, 1.165) is 44.6 Å². The fourth-order valence-corrected chi connectivity index (χ4v) is 9.17. The molecule has 0 N–H and O–H groups in total. The molecule has 12 aromatic rings. The molecule has 10 aromatic carbocycles. The summed E-state index contributed by atoms with van der Waals surface area (Å²) in [5.41, 5.74) is 15.5. The van der Waals surface area contributed by atoms with Gasteiger partial charge in [-0.1, -0.05) is 158 Å². The van der Waals surface area contributed by atoms with Gasteiger partial charge in [0.2, 0.25) is 0 Å². The van der Waals surface area contributed by atoms with E-state index < -0.39 is 0 Å². The molecule has 0 spiro atoms. The van der Waals surface area contributed by atoms with Crippen LogP contribution < -0.4 is 4.90 Å². The highest BCUT2D eigenvalue weighted by atomic mass is 16.3. The van der Waals surface area contributed by atoms with Gasteiger partial charge < -0.3 is 13.9 Å². The molecule has 0 aliphatic heterocycles. The molecule has 3 nitrogen and oxygen atoms in total. The first kappa shape index (κ1) is 34.9. The quantitative estimate of drug-likeness (QED) is 0.161. The molecule has 12 rings (SSSR count). The molecule has 0 saturated heterocycles. The van der Waals surface area contributed by atoms with E-state index in [1.807, 2.05) is 12.1 Å². The van der Waals surface area contributed by atoms with Gasteiger partial charge in [-0.25, -0.2) is 0 Å². The third kappa shape index (κ3) is 5.98. The van der Waals surface area contributed by atoms with Crippen LogP contribution >= 0.6 is 0 Å². The van der Waals surface area contributed by atoms with Crippen LogP contribution in [0.25, 0.3) is 93.6 Å². The van der Waals surface area contributed by atoms with Gasteiger partial charge in [-0.05, 0) is 117 Å². The van der Waals surface area contributed by atoms with Gasteiger partial charge in [-0.2, -0.15) is 0 Å². The van der Waals surface area contributed by atoms with Crippen molar-refractivity contribution in [1.29, 1.82) is 0 Å². The van der Waals surface area contributed by atoms with Gasteiger partial charge in [0.15, 0.2) is 5.58 Å². The Morgan fingerprint density at radius 3 is 1.59 bits per heavy atom. The number of benzene rings is 10. The topological polar surface area (TPSA) is 21.3 Å². The van der Waals surface area contributed by atoms with Crippen LogP contribution in [0.5, 0.6) is 0 Å². The van der Waals surface area contributed by atoms with Crippen LogP contribution in [0.3, 0.4) is 0 Å². The number of rotatable bonds is 7. The van der Waals surface area contributed by atoms with E-state index in [1.54, 1.807) is 0 Å². The summed E-state index contributed by atoms with van der Waals surface area (Å²) in [5.74, 6) is 0. The SMILES string of the molecule is c1ccc(-n2c3ccccc3c3cc(-c4ccc(-c5ccc(N(c6ccc(-c7ccc8ccccc8c7)cc6)c6cccc7c6oc6ccccc67)cc5)cc4)ccc32)cc1. The van der Waals surface area contributed by atoms with Crippen LogP contribution in [0.2, 0.25) is 0 Å². The maximum Gasteiger partial charge on any atom is 0.159 e. The molecule has 0 aliphatic carbocycles. The zero-order chi connectivity index (χ0) is 40.3. The predicted octanol–water partition coefficient (Wildman–Crippen LogP) is 16.3. The zero-order valence-electron chi connectivity index (χ0n) is 33.2. The maximum absolute atomic E-state index is 6.61. The number of hydrogen-bond acceptors (Lipinski definition) is 2. The minimum Gasteiger partial charge on any atom is -0.454 e. The molecular weight excluding hydrogens is 741 g/mol. The third-order valence-corrected chi connectivity index (χ3v) is 12.2. The normalized spacial score (nSPS) is 11.6. The summed E-state index contributed by atoms with van der Waals surface area (Å²) in [6.07, 6.45) is 0. The van der Waals surface area contributed by atoms with E-state index >= 15 is 0 Å². The van der Waals surface area contributed by atoms with Crippen LogP contribution in [0.1, 0.15) is 0 Å². The van der Waals surface area contributed by atoms with E-state index in [0.29, 0.717) is 0 Å². The number of fused-ring (bicyclic) bond motifs is 7. The minimum absolute atomic E-state index is 0.866. The maximum atomic E-state index is 6.61. The Bertz CT molecular complexity index is 3560. The van der Waals surface area contributed by atoms with E-state index in [9.17, 15) is 0 Å². The number of aromatic nitrogens is 1. The predicted molar refractivity (Wildman–Crippen MR) is 257 cm³/mol. The van der Waals surface area contributed by atoms with Crippen molar-refractivity contribution in [3.63, 3.8) is 0 Å². The first-order chi connectivity index (χ1) is 30.2. The lowest BCUT2D eigenvalue weighted by molar-refractivity contribution is 0.669. The largest absolute Gasteiger partial charge is 0.454 e. The highest BCUT2D eigenvalue weighted by Gasteiger charge is 2.20. The molecule has 0 radical (unpaired) electrons. The van der Waals surface area contributed by atoms with Gasteiger partial charge in [-0.3, -0.25) is 0 Å². The Labute approximate surface area is 353 Å². The summed E-state index contributed by atoms with van der Waals surface area (Å²) in [5, 5.41) is 7.21. The summed E-state index contributed by atoms with van der Waals surface area (Å²) in [7, 11) is 0. The lowest BCUT2D eigenvalue weighted by Gasteiger charge is -2.26. The van der Waals surface area contributed by atoms with E-state index in [-0.39, 0.29) is 0 Å². The first-order valence-corrected chi connectivity index (χ1v) is 20.8. The number of anilines is 3. The highest BCUT2D eigenvalue weighted by Crippen LogP contribution is 2.43. The standard InChI is InChI=1S/C58H38N2O/c1-2-13-47(14-3-1)60-54-18-8-6-15-50(54)53-38-46(31-36-55(53)60)42-23-21-40(22-24-42)41-27-32-48(33-28-41)59(56-19-10-17-52-51-16-7-9-20-57(51)61-58(52)56)49-34-29-43(30-35-49)45-26-25-39-11-4-5-12-44(39)37-45/h1-38H. The van der Waals surface area contributed by atoms with Crippen molar-refractivity contribution in [3.8, 4) is 39.1 Å². The second-order valence-electron chi connectivity index (χ2n) is 15.7. The Kier molecular flexibility index (Phi) is 8.17. The van der Waals surface area contributed by atoms with Gasteiger partial charge in [0.25, 0.3) is 0 Å². The third-order valence-electron chi connectivity index (χ3n) is 12.2. The minimum atomic E-state index is 0.866. The summed E-state index contributed by atoms with van der Waals surface area (Å²) in [6.45, 7) is 0. The van der Waals surface area contributed by atoms with Gasteiger partial charge in [0.05, 0.1) is 16.7 Å². The van der Waals surface area contributed by atoms with Crippen LogP contribution in [0.15, 0.2) is 235 Å². The highest BCUT2D eigenvalue weighted by molar-refractivity contribution is 6.11. The average molecular weight is 779 g/mol. The zero-order valence-corrected chi connectivity index (χ0v) is 33.2. The van der Waals surface area contributed by atoms with Crippen molar-refractivity contribution in [2.75, 3.05) is 4.90 Å². The summed E-state index contributed by atoms with van der Waals surface area (Å²) < 4.78 is 8.97. The van der Waals surface area contributed by atoms with Crippen molar-refractivity contribution in [2.45, 2.75) is 0 Å². The van der Waals surface area contributed by atoms with E-state index in [1.165, 1.54) is 66.1 Å². The first-order valence-electron chi connectivity index (χ1n) is 20.8.